The molecule has 5 heteroatoms. The molecule has 118 valence electrons. The molecular weight excluding hydrogens is 266 g/mol. The topological polar surface area (TPSA) is 57.6 Å². The van der Waals surface area contributed by atoms with Gasteiger partial charge in [-0.2, -0.15) is 0 Å². The standard InChI is InChI=1S/C16H27N3O2/c1-4-17-13(2)14-6-5-9-18-15(14)19(3)12-16(20)7-10-21-11-8-16/h5-6,9,13,17,20H,4,7-8,10-12H2,1-3H3. The van der Waals surface area contributed by atoms with Gasteiger partial charge in [0.05, 0.1) is 5.60 Å². The number of nitrogens with zero attached hydrogens (tertiary/aromatic N) is 2. The minimum atomic E-state index is -0.677. The van der Waals surface area contributed by atoms with Gasteiger partial charge in [0, 0.05) is 57.4 Å². The lowest BCUT2D eigenvalue weighted by Crippen LogP contribution is -2.46. The van der Waals surface area contributed by atoms with Crippen molar-refractivity contribution in [3.63, 3.8) is 0 Å². The number of likely N-dealkylation sites (N-methyl/N-ethyl adjacent to an activating group) is 1. The summed E-state index contributed by atoms with van der Waals surface area (Å²) in [4.78, 5) is 6.59. The first-order valence-electron chi connectivity index (χ1n) is 7.75. The van der Waals surface area contributed by atoms with Crippen LogP contribution in [0.4, 0.5) is 5.82 Å². The van der Waals surface area contributed by atoms with Crippen molar-refractivity contribution in [1.29, 1.82) is 0 Å². The molecule has 1 aromatic heterocycles. The molecule has 0 bridgehead atoms. The van der Waals surface area contributed by atoms with Gasteiger partial charge < -0.3 is 20.1 Å². The number of rotatable bonds is 6. The minimum absolute atomic E-state index is 0.241. The van der Waals surface area contributed by atoms with Crippen LogP contribution < -0.4 is 10.2 Å². The molecule has 2 heterocycles. The van der Waals surface area contributed by atoms with E-state index in [1.54, 1.807) is 0 Å². The molecule has 1 unspecified atom stereocenters. The third-order valence-electron chi connectivity index (χ3n) is 4.11. The summed E-state index contributed by atoms with van der Waals surface area (Å²) in [5, 5.41) is 14.1. The van der Waals surface area contributed by atoms with Crippen LogP contribution in [0.5, 0.6) is 0 Å². The second-order valence-electron chi connectivity index (χ2n) is 5.89. The number of pyridine rings is 1. The van der Waals surface area contributed by atoms with Gasteiger partial charge in [-0.1, -0.05) is 13.0 Å². The van der Waals surface area contributed by atoms with Gasteiger partial charge in [-0.3, -0.25) is 0 Å². The van der Waals surface area contributed by atoms with Gasteiger partial charge in [0.1, 0.15) is 5.82 Å². The van der Waals surface area contributed by atoms with E-state index in [0.717, 1.165) is 17.9 Å². The second-order valence-corrected chi connectivity index (χ2v) is 5.89. The molecule has 1 atom stereocenters. The average molecular weight is 293 g/mol. The second kappa shape index (κ2) is 7.20. The summed E-state index contributed by atoms with van der Waals surface area (Å²) in [6.45, 7) is 7.00. The van der Waals surface area contributed by atoms with E-state index in [2.05, 4.69) is 35.1 Å². The van der Waals surface area contributed by atoms with Crippen LogP contribution in [-0.4, -0.2) is 49.0 Å². The largest absolute Gasteiger partial charge is 0.388 e. The van der Waals surface area contributed by atoms with E-state index in [-0.39, 0.29) is 6.04 Å². The Kier molecular flexibility index (Phi) is 5.56. The summed E-state index contributed by atoms with van der Waals surface area (Å²) in [5.41, 5.74) is 0.487. The molecule has 0 aliphatic carbocycles. The third kappa shape index (κ3) is 4.15. The van der Waals surface area contributed by atoms with Gasteiger partial charge in [0.15, 0.2) is 0 Å². The van der Waals surface area contributed by atoms with Crippen LogP contribution in [-0.2, 0) is 4.74 Å². The van der Waals surface area contributed by atoms with Crippen LogP contribution in [0.3, 0.4) is 0 Å². The number of hydrogen-bond acceptors (Lipinski definition) is 5. The summed E-state index contributed by atoms with van der Waals surface area (Å²) < 4.78 is 5.34. The summed E-state index contributed by atoms with van der Waals surface area (Å²) in [6, 6.07) is 4.30. The Balaban J connectivity index is 2.13. The van der Waals surface area contributed by atoms with Crippen molar-refractivity contribution in [2.45, 2.75) is 38.3 Å². The smallest absolute Gasteiger partial charge is 0.133 e. The highest BCUT2D eigenvalue weighted by Gasteiger charge is 2.32. The fourth-order valence-electron chi connectivity index (χ4n) is 2.91. The summed E-state index contributed by atoms with van der Waals surface area (Å²) in [7, 11) is 2.00. The molecule has 1 fully saturated rings. The van der Waals surface area contributed by atoms with Crippen molar-refractivity contribution in [2.75, 3.05) is 38.3 Å². The first-order chi connectivity index (χ1) is 10.1. The minimum Gasteiger partial charge on any atom is -0.388 e. The number of aliphatic hydroxyl groups is 1. The number of anilines is 1. The Morgan fingerprint density at radius 2 is 2.19 bits per heavy atom. The van der Waals surface area contributed by atoms with E-state index in [1.807, 2.05) is 19.3 Å². The van der Waals surface area contributed by atoms with Gasteiger partial charge in [-0.05, 0) is 19.5 Å². The van der Waals surface area contributed by atoms with Gasteiger partial charge in [-0.15, -0.1) is 0 Å². The van der Waals surface area contributed by atoms with Crippen LogP contribution in [0, 0.1) is 0 Å². The predicted molar refractivity (Wildman–Crippen MR) is 84.6 cm³/mol. The van der Waals surface area contributed by atoms with E-state index < -0.39 is 5.60 Å². The summed E-state index contributed by atoms with van der Waals surface area (Å²) in [5.74, 6) is 0.936. The number of aromatic nitrogens is 1. The van der Waals surface area contributed by atoms with E-state index in [9.17, 15) is 5.11 Å². The van der Waals surface area contributed by atoms with Gasteiger partial charge in [-0.25, -0.2) is 4.98 Å². The first-order valence-corrected chi connectivity index (χ1v) is 7.75. The van der Waals surface area contributed by atoms with Crippen LogP contribution in [0.25, 0.3) is 0 Å². The van der Waals surface area contributed by atoms with Gasteiger partial charge in [0.2, 0.25) is 0 Å². The monoisotopic (exact) mass is 293 g/mol. The molecule has 2 N–H and O–H groups in total. The Bertz CT molecular complexity index is 447. The van der Waals surface area contributed by atoms with Crippen molar-refractivity contribution in [3.05, 3.63) is 23.9 Å². The molecule has 0 amide bonds. The number of ether oxygens (including phenoxy) is 1. The van der Waals surface area contributed by atoms with Crippen LogP contribution in [0.15, 0.2) is 18.3 Å². The molecule has 2 rings (SSSR count). The maximum absolute atomic E-state index is 10.7. The van der Waals surface area contributed by atoms with Crippen LogP contribution >= 0.6 is 0 Å². The zero-order valence-electron chi connectivity index (χ0n) is 13.3. The molecule has 0 spiro atoms. The quantitative estimate of drug-likeness (QED) is 0.836. The van der Waals surface area contributed by atoms with Crippen LogP contribution in [0.2, 0.25) is 0 Å². The molecule has 5 nitrogen and oxygen atoms in total. The molecule has 1 aromatic rings. The van der Waals surface area contributed by atoms with E-state index >= 15 is 0 Å². The Morgan fingerprint density at radius 1 is 1.48 bits per heavy atom. The first kappa shape index (κ1) is 16.2. The average Bonchev–Trinajstić information content (AvgIpc) is 2.47. The molecule has 0 saturated carbocycles. The highest BCUT2D eigenvalue weighted by atomic mass is 16.5. The van der Waals surface area contributed by atoms with Crippen molar-refractivity contribution < 1.29 is 9.84 Å². The molecular formula is C16H27N3O2. The normalized spacial score (nSPS) is 19.2. The maximum Gasteiger partial charge on any atom is 0.133 e. The highest BCUT2D eigenvalue weighted by molar-refractivity contribution is 5.48. The van der Waals surface area contributed by atoms with Crippen molar-refractivity contribution in [1.82, 2.24) is 10.3 Å². The van der Waals surface area contributed by atoms with E-state index in [1.165, 1.54) is 0 Å². The van der Waals surface area contributed by atoms with E-state index in [0.29, 0.717) is 32.6 Å². The van der Waals surface area contributed by atoms with Crippen LogP contribution in [0.1, 0.15) is 38.3 Å². The molecule has 0 radical (unpaired) electrons. The molecule has 21 heavy (non-hydrogen) atoms. The van der Waals surface area contributed by atoms with E-state index in [4.69, 9.17) is 4.74 Å². The summed E-state index contributed by atoms with van der Waals surface area (Å²) in [6.07, 6.45) is 3.17. The lowest BCUT2D eigenvalue weighted by atomic mass is 9.93. The van der Waals surface area contributed by atoms with Gasteiger partial charge >= 0.3 is 0 Å². The molecule has 1 aliphatic heterocycles. The van der Waals surface area contributed by atoms with Crippen molar-refractivity contribution in [3.8, 4) is 0 Å². The van der Waals surface area contributed by atoms with Crippen molar-refractivity contribution >= 4 is 5.82 Å². The Morgan fingerprint density at radius 3 is 2.86 bits per heavy atom. The van der Waals surface area contributed by atoms with Gasteiger partial charge in [0.25, 0.3) is 0 Å². The zero-order valence-corrected chi connectivity index (χ0v) is 13.3. The lowest BCUT2D eigenvalue weighted by Gasteiger charge is -2.36. The number of hydrogen-bond donors (Lipinski definition) is 2. The predicted octanol–water partition coefficient (Wildman–Crippen LogP) is 1.73. The molecule has 0 aromatic carbocycles. The van der Waals surface area contributed by atoms with Crippen molar-refractivity contribution in [2.24, 2.45) is 0 Å². The number of nitrogens with one attached hydrogen (secondary N) is 1. The maximum atomic E-state index is 10.7. The zero-order chi connectivity index (χ0) is 15.3. The third-order valence-corrected chi connectivity index (χ3v) is 4.11. The Labute approximate surface area is 127 Å². The fraction of sp³-hybridized carbons (Fsp3) is 0.688. The highest BCUT2D eigenvalue weighted by Crippen LogP contribution is 2.27. The molecule has 1 saturated heterocycles. The fourth-order valence-corrected chi connectivity index (χ4v) is 2.91. The molecule has 1 aliphatic rings. The summed E-state index contributed by atoms with van der Waals surface area (Å²) >= 11 is 0. The Hall–Kier alpha value is -1.17. The lowest BCUT2D eigenvalue weighted by molar-refractivity contribution is -0.0573. The SMILES string of the molecule is CCNC(C)c1cccnc1N(C)CC1(O)CCOCC1.